The summed E-state index contributed by atoms with van der Waals surface area (Å²) in [6.45, 7) is 5.67. The van der Waals surface area contributed by atoms with Crippen LogP contribution in [-0.2, 0) is 17.8 Å². The van der Waals surface area contributed by atoms with Crippen molar-refractivity contribution in [3.8, 4) is 11.6 Å². The maximum atomic E-state index is 5.90. The fraction of sp³-hybridized carbons (Fsp3) is 0.522. The standard InChI is InChI=1S/C23H32N6O3/c1-3-4-9-32-22-21-19(27-23(24)28-22)14-26-29(21)15-17-6-5-16(12-20(17)30-2)13-25-18-7-10-31-11-8-18/h5-6,12,14,18,25H,3-4,7-11,13,15H2,1-2H3,(H2,24,27,28). The Bertz CT molecular complexity index is 1030. The fourth-order valence-corrected chi connectivity index (χ4v) is 3.87. The Balaban J connectivity index is 1.52. The number of hydrogen-bond donors (Lipinski definition) is 2. The van der Waals surface area contributed by atoms with Crippen molar-refractivity contribution in [2.24, 2.45) is 0 Å². The molecule has 4 rings (SSSR count). The third kappa shape index (κ3) is 5.28. The van der Waals surface area contributed by atoms with Crippen LogP contribution in [0.15, 0.2) is 24.4 Å². The van der Waals surface area contributed by atoms with Gasteiger partial charge in [0, 0.05) is 31.4 Å². The van der Waals surface area contributed by atoms with Crippen LogP contribution >= 0.6 is 0 Å². The fourth-order valence-electron chi connectivity index (χ4n) is 3.87. The molecule has 0 radical (unpaired) electrons. The molecule has 3 N–H and O–H groups in total. The highest BCUT2D eigenvalue weighted by Crippen LogP contribution is 2.27. The van der Waals surface area contributed by atoms with Crippen LogP contribution in [0.5, 0.6) is 11.6 Å². The Morgan fingerprint density at radius 1 is 1.25 bits per heavy atom. The second-order valence-corrected chi connectivity index (χ2v) is 8.04. The van der Waals surface area contributed by atoms with E-state index in [-0.39, 0.29) is 5.95 Å². The number of hydrogen-bond acceptors (Lipinski definition) is 8. The number of unbranched alkanes of at least 4 members (excludes halogenated alkanes) is 1. The monoisotopic (exact) mass is 440 g/mol. The highest BCUT2D eigenvalue weighted by molar-refractivity contribution is 5.80. The first-order chi connectivity index (χ1) is 15.7. The lowest BCUT2D eigenvalue weighted by Gasteiger charge is -2.23. The Kier molecular flexibility index (Phi) is 7.39. The number of anilines is 1. The molecule has 9 nitrogen and oxygen atoms in total. The number of nitrogen functional groups attached to an aromatic ring is 1. The summed E-state index contributed by atoms with van der Waals surface area (Å²) < 4.78 is 18.9. The van der Waals surface area contributed by atoms with E-state index in [0.717, 1.165) is 62.3 Å². The Morgan fingerprint density at radius 2 is 2.09 bits per heavy atom. The lowest BCUT2D eigenvalue weighted by molar-refractivity contribution is 0.0776. The number of nitrogens with zero attached hydrogens (tertiary/aromatic N) is 4. The molecule has 1 saturated heterocycles. The van der Waals surface area contributed by atoms with Gasteiger partial charge in [-0.05, 0) is 30.9 Å². The van der Waals surface area contributed by atoms with Crippen molar-refractivity contribution in [3.63, 3.8) is 0 Å². The molecule has 0 aliphatic carbocycles. The normalized spacial score (nSPS) is 14.7. The van der Waals surface area contributed by atoms with Crippen molar-refractivity contribution in [1.29, 1.82) is 0 Å². The van der Waals surface area contributed by atoms with Crippen LogP contribution in [0.4, 0.5) is 5.95 Å². The van der Waals surface area contributed by atoms with E-state index in [1.807, 2.05) is 4.68 Å². The first-order valence-electron chi connectivity index (χ1n) is 11.3. The van der Waals surface area contributed by atoms with Crippen LogP contribution in [0, 0.1) is 0 Å². The van der Waals surface area contributed by atoms with Gasteiger partial charge in [0.1, 0.15) is 16.8 Å². The molecule has 172 valence electrons. The van der Waals surface area contributed by atoms with E-state index in [4.69, 9.17) is 19.9 Å². The maximum absolute atomic E-state index is 5.90. The van der Waals surface area contributed by atoms with Crippen LogP contribution in [0.2, 0.25) is 0 Å². The van der Waals surface area contributed by atoms with Crippen LogP contribution in [0.3, 0.4) is 0 Å². The predicted molar refractivity (Wildman–Crippen MR) is 123 cm³/mol. The number of aromatic nitrogens is 4. The van der Waals surface area contributed by atoms with Gasteiger partial charge in [-0.1, -0.05) is 25.5 Å². The molecule has 9 heteroatoms. The van der Waals surface area contributed by atoms with Crippen LogP contribution in [-0.4, -0.2) is 52.7 Å². The van der Waals surface area contributed by atoms with Crippen molar-refractivity contribution >= 4 is 17.0 Å². The zero-order valence-electron chi connectivity index (χ0n) is 18.8. The van der Waals surface area contributed by atoms with Crippen LogP contribution < -0.4 is 20.5 Å². The second kappa shape index (κ2) is 10.6. The van der Waals surface area contributed by atoms with E-state index in [1.165, 1.54) is 5.56 Å². The van der Waals surface area contributed by atoms with Crippen molar-refractivity contribution in [1.82, 2.24) is 25.1 Å². The molecule has 1 aromatic carbocycles. The SMILES string of the molecule is CCCCOc1nc(N)nc2cnn(Cc3ccc(CNC4CCOCC4)cc3OC)c12. The number of benzene rings is 1. The van der Waals surface area contributed by atoms with Crippen LogP contribution in [0.25, 0.3) is 11.0 Å². The molecule has 2 aromatic heterocycles. The molecule has 3 heterocycles. The summed E-state index contributed by atoms with van der Waals surface area (Å²) in [5, 5.41) is 8.13. The number of rotatable bonds is 10. The van der Waals surface area contributed by atoms with E-state index < -0.39 is 0 Å². The molecular weight excluding hydrogens is 408 g/mol. The molecule has 1 aliphatic rings. The van der Waals surface area contributed by atoms with Gasteiger partial charge in [0.2, 0.25) is 11.8 Å². The second-order valence-electron chi connectivity index (χ2n) is 8.04. The molecule has 32 heavy (non-hydrogen) atoms. The average Bonchev–Trinajstić information content (AvgIpc) is 3.21. The van der Waals surface area contributed by atoms with E-state index in [1.54, 1.807) is 13.3 Å². The maximum Gasteiger partial charge on any atom is 0.245 e. The summed E-state index contributed by atoms with van der Waals surface area (Å²) in [5.41, 5.74) is 9.47. The summed E-state index contributed by atoms with van der Waals surface area (Å²) in [7, 11) is 1.69. The van der Waals surface area contributed by atoms with Gasteiger partial charge in [-0.2, -0.15) is 10.1 Å². The quantitative estimate of drug-likeness (QED) is 0.463. The van der Waals surface area contributed by atoms with Crippen molar-refractivity contribution < 1.29 is 14.2 Å². The molecule has 0 amide bonds. The third-order valence-corrected chi connectivity index (χ3v) is 5.70. The van der Waals surface area contributed by atoms with Gasteiger partial charge in [-0.25, -0.2) is 4.98 Å². The highest BCUT2D eigenvalue weighted by atomic mass is 16.5. The van der Waals surface area contributed by atoms with E-state index in [9.17, 15) is 0 Å². The number of nitrogens with two attached hydrogens (primary N) is 1. The van der Waals surface area contributed by atoms with Gasteiger partial charge in [-0.3, -0.25) is 4.68 Å². The number of fused-ring (bicyclic) bond motifs is 1. The smallest absolute Gasteiger partial charge is 0.245 e. The summed E-state index contributed by atoms with van der Waals surface area (Å²) in [5.74, 6) is 1.47. The molecule has 0 unspecified atom stereocenters. The number of ether oxygens (including phenoxy) is 3. The first-order valence-corrected chi connectivity index (χ1v) is 11.3. The Labute approximate surface area is 188 Å². The van der Waals surface area contributed by atoms with Crippen molar-refractivity contribution in [2.45, 2.75) is 51.7 Å². The Morgan fingerprint density at radius 3 is 2.88 bits per heavy atom. The molecule has 3 aromatic rings. The third-order valence-electron chi connectivity index (χ3n) is 5.70. The van der Waals surface area contributed by atoms with Gasteiger partial charge in [0.25, 0.3) is 0 Å². The summed E-state index contributed by atoms with van der Waals surface area (Å²) in [6.07, 6.45) is 5.78. The minimum Gasteiger partial charge on any atom is -0.496 e. The number of methoxy groups -OCH3 is 1. The predicted octanol–water partition coefficient (Wildman–Crippen LogP) is 2.91. The van der Waals surface area contributed by atoms with Gasteiger partial charge in [0.15, 0.2) is 0 Å². The van der Waals surface area contributed by atoms with Gasteiger partial charge < -0.3 is 25.3 Å². The molecule has 0 spiro atoms. The minimum atomic E-state index is 0.183. The molecule has 0 atom stereocenters. The summed E-state index contributed by atoms with van der Waals surface area (Å²) in [6, 6.07) is 6.80. The molecule has 0 saturated carbocycles. The van der Waals surface area contributed by atoms with Gasteiger partial charge in [-0.15, -0.1) is 0 Å². The Hall–Kier alpha value is -2.91. The van der Waals surface area contributed by atoms with E-state index in [2.05, 4.69) is 45.5 Å². The van der Waals surface area contributed by atoms with Crippen molar-refractivity contribution in [3.05, 3.63) is 35.5 Å². The lowest BCUT2D eigenvalue weighted by atomic mass is 10.1. The zero-order chi connectivity index (χ0) is 22.3. The van der Waals surface area contributed by atoms with E-state index >= 15 is 0 Å². The van der Waals surface area contributed by atoms with Gasteiger partial charge in [0.05, 0.1) is 26.5 Å². The first kappa shape index (κ1) is 22.3. The van der Waals surface area contributed by atoms with Crippen LogP contribution in [0.1, 0.15) is 43.7 Å². The zero-order valence-corrected chi connectivity index (χ0v) is 18.8. The average molecular weight is 441 g/mol. The molecule has 1 fully saturated rings. The minimum absolute atomic E-state index is 0.183. The van der Waals surface area contributed by atoms with E-state index in [0.29, 0.717) is 30.6 Å². The summed E-state index contributed by atoms with van der Waals surface area (Å²) in [4.78, 5) is 8.62. The largest absolute Gasteiger partial charge is 0.496 e. The molecule has 1 aliphatic heterocycles. The summed E-state index contributed by atoms with van der Waals surface area (Å²) >= 11 is 0. The van der Waals surface area contributed by atoms with Crippen molar-refractivity contribution in [2.75, 3.05) is 32.7 Å². The molecular formula is C23H32N6O3. The van der Waals surface area contributed by atoms with Gasteiger partial charge >= 0.3 is 0 Å². The molecule has 0 bridgehead atoms. The number of nitrogens with one attached hydrogen (secondary N) is 1. The lowest BCUT2D eigenvalue weighted by Crippen LogP contribution is -2.34. The highest BCUT2D eigenvalue weighted by Gasteiger charge is 2.17. The topological polar surface area (TPSA) is 109 Å².